The number of nitrogens with zero attached hydrogens (tertiary/aromatic N) is 2. The number of pyridine rings is 1. The predicted molar refractivity (Wildman–Crippen MR) is 73.8 cm³/mol. The molecule has 0 saturated carbocycles. The van der Waals surface area contributed by atoms with E-state index in [0.29, 0.717) is 17.8 Å². The summed E-state index contributed by atoms with van der Waals surface area (Å²) in [7, 11) is 0. The Morgan fingerprint density at radius 1 is 1.32 bits per heavy atom. The summed E-state index contributed by atoms with van der Waals surface area (Å²) in [6.45, 7) is 2.14. The molecule has 98 valence electrons. The SMILES string of the molecule is Cc1ccnc(NCc2ccc(N)cc2)c1[N+](=O)[O-]. The number of hydrogen-bond acceptors (Lipinski definition) is 5. The number of anilines is 2. The van der Waals surface area contributed by atoms with E-state index in [1.807, 2.05) is 12.1 Å². The Morgan fingerprint density at radius 3 is 2.63 bits per heavy atom. The Labute approximate surface area is 110 Å². The molecule has 0 aliphatic heterocycles. The van der Waals surface area contributed by atoms with Gasteiger partial charge in [0.1, 0.15) is 0 Å². The first-order chi connectivity index (χ1) is 9.08. The quantitative estimate of drug-likeness (QED) is 0.499. The van der Waals surface area contributed by atoms with Crippen molar-refractivity contribution in [3.8, 4) is 0 Å². The number of aromatic nitrogens is 1. The van der Waals surface area contributed by atoms with Gasteiger partial charge in [-0.2, -0.15) is 0 Å². The molecule has 0 unspecified atom stereocenters. The molecule has 1 heterocycles. The van der Waals surface area contributed by atoms with E-state index in [0.717, 1.165) is 5.56 Å². The standard InChI is InChI=1S/C13H14N4O2/c1-9-6-7-15-13(12(9)17(18)19)16-8-10-2-4-11(14)5-3-10/h2-7H,8,14H2,1H3,(H,15,16). The fraction of sp³-hybridized carbons (Fsp3) is 0.154. The van der Waals surface area contributed by atoms with Crippen molar-refractivity contribution < 1.29 is 4.92 Å². The van der Waals surface area contributed by atoms with Crippen LogP contribution in [0, 0.1) is 17.0 Å². The molecule has 1 aromatic heterocycles. The van der Waals surface area contributed by atoms with Gasteiger partial charge >= 0.3 is 5.69 Å². The highest BCUT2D eigenvalue weighted by atomic mass is 16.6. The molecule has 0 aliphatic rings. The summed E-state index contributed by atoms with van der Waals surface area (Å²) in [5, 5.41) is 14.0. The zero-order chi connectivity index (χ0) is 13.8. The number of nitrogens with two attached hydrogens (primary N) is 1. The predicted octanol–water partition coefficient (Wildman–Crippen LogP) is 2.49. The second-order valence-electron chi connectivity index (χ2n) is 4.18. The molecule has 0 bridgehead atoms. The van der Waals surface area contributed by atoms with Crippen LogP contribution in [-0.4, -0.2) is 9.91 Å². The zero-order valence-electron chi connectivity index (χ0n) is 10.5. The third-order valence-corrected chi connectivity index (χ3v) is 2.75. The molecule has 0 radical (unpaired) electrons. The van der Waals surface area contributed by atoms with Crippen molar-refractivity contribution in [3.05, 3.63) is 57.8 Å². The molecule has 0 saturated heterocycles. The number of nitro groups is 1. The molecule has 2 rings (SSSR count). The molecular formula is C13H14N4O2. The first-order valence-corrected chi connectivity index (χ1v) is 5.76. The van der Waals surface area contributed by atoms with Gasteiger partial charge in [-0.25, -0.2) is 4.98 Å². The van der Waals surface area contributed by atoms with Crippen LogP contribution in [0.1, 0.15) is 11.1 Å². The minimum Gasteiger partial charge on any atom is -0.399 e. The third-order valence-electron chi connectivity index (χ3n) is 2.75. The molecule has 6 heteroatoms. The lowest BCUT2D eigenvalue weighted by Crippen LogP contribution is -2.05. The summed E-state index contributed by atoms with van der Waals surface area (Å²) in [5.74, 6) is 0.279. The highest BCUT2D eigenvalue weighted by molar-refractivity contribution is 5.59. The van der Waals surface area contributed by atoms with E-state index in [-0.39, 0.29) is 11.5 Å². The fourth-order valence-electron chi connectivity index (χ4n) is 1.73. The van der Waals surface area contributed by atoms with Crippen LogP contribution < -0.4 is 11.1 Å². The average Bonchev–Trinajstić information content (AvgIpc) is 2.37. The Balaban J connectivity index is 2.18. The van der Waals surface area contributed by atoms with E-state index in [1.165, 1.54) is 0 Å². The molecule has 0 fully saturated rings. The first-order valence-electron chi connectivity index (χ1n) is 5.76. The smallest absolute Gasteiger partial charge is 0.314 e. The van der Waals surface area contributed by atoms with Crippen molar-refractivity contribution in [2.75, 3.05) is 11.1 Å². The van der Waals surface area contributed by atoms with Gasteiger partial charge in [0.05, 0.1) is 4.92 Å². The van der Waals surface area contributed by atoms with Gasteiger partial charge in [-0.1, -0.05) is 12.1 Å². The number of nitrogens with one attached hydrogen (secondary N) is 1. The fourth-order valence-corrected chi connectivity index (χ4v) is 1.73. The van der Waals surface area contributed by atoms with Crippen molar-refractivity contribution in [1.29, 1.82) is 0 Å². The molecule has 19 heavy (non-hydrogen) atoms. The Morgan fingerprint density at radius 2 is 2.00 bits per heavy atom. The maximum absolute atomic E-state index is 11.0. The number of nitrogen functional groups attached to an aromatic ring is 1. The highest BCUT2D eigenvalue weighted by Gasteiger charge is 2.17. The van der Waals surface area contributed by atoms with Crippen LogP contribution in [0.4, 0.5) is 17.2 Å². The van der Waals surface area contributed by atoms with E-state index in [1.54, 1.807) is 31.3 Å². The van der Waals surface area contributed by atoms with Crippen molar-refractivity contribution in [2.45, 2.75) is 13.5 Å². The van der Waals surface area contributed by atoms with Crippen molar-refractivity contribution >= 4 is 17.2 Å². The lowest BCUT2D eigenvalue weighted by Gasteiger charge is -2.07. The minimum atomic E-state index is -0.423. The molecule has 2 aromatic rings. The molecule has 0 aliphatic carbocycles. The van der Waals surface area contributed by atoms with Gasteiger partial charge in [-0.15, -0.1) is 0 Å². The van der Waals surface area contributed by atoms with E-state index in [2.05, 4.69) is 10.3 Å². The molecule has 1 aromatic carbocycles. The topological polar surface area (TPSA) is 94.1 Å². The molecule has 0 spiro atoms. The van der Waals surface area contributed by atoms with Gasteiger partial charge in [0.15, 0.2) is 0 Å². The normalized spacial score (nSPS) is 10.2. The van der Waals surface area contributed by atoms with Crippen molar-refractivity contribution in [2.24, 2.45) is 0 Å². The Kier molecular flexibility index (Phi) is 3.61. The van der Waals surface area contributed by atoms with Crippen LogP contribution >= 0.6 is 0 Å². The molecule has 0 amide bonds. The van der Waals surface area contributed by atoms with Crippen LogP contribution in [-0.2, 0) is 6.54 Å². The molecular weight excluding hydrogens is 244 g/mol. The maximum atomic E-state index is 11.0. The van der Waals surface area contributed by atoms with E-state index in [4.69, 9.17) is 5.73 Å². The van der Waals surface area contributed by atoms with Crippen LogP contribution in [0.2, 0.25) is 0 Å². The van der Waals surface area contributed by atoms with Crippen molar-refractivity contribution in [3.63, 3.8) is 0 Å². The summed E-state index contributed by atoms with van der Waals surface area (Å²) in [5.41, 5.74) is 7.85. The Hall–Kier alpha value is -2.63. The van der Waals surface area contributed by atoms with E-state index < -0.39 is 4.92 Å². The maximum Gasteiger partial charge on any atom is 0.314 e. The number of benzene rings is 1. The Bertz CT molecular complexity index is 596. The first kappa shape index (κ1) is 12.8. The lowest BCUT2D eigenvalue weighted by atomic mass is 10.2. The van der Waals surface area contributed by atoms with Crippen LogP contribution in [0.15, 0.2) is 36.5 Å². The van der Waals surface area contributed by atoms with Crippen LogP contribution in [0.3, 0.4) is 0 Å². The van der Waals surface area contributed by atoms with Gasteiger partial charge < -0.3 is 11.1 Å². The minimum absolute atomic E-state index is 0.0120. The number of hydrogen-bond donors (Lipinski definition) is 2. The van der Waals surface area contributed by atoms with Crippen LogP contribution in [0.25, 0.3) is 0 Å². The summed E-state index contributed by atoms with van der Waals surface area (Å²) in [6, 6.07) is 8.92. The summed E-state index contributed by atoms with van der Waals surface area (Å²) in [4.78, 5) is 14.6. The number of aryl methyl sites for hydroxylation is 1. The molecule has 6 nitrogen and oxygen atoms in total. The van der Waals surface area contributed by atoms with Gasteiger partial charge in [-0.05, 0) is 30.7 Å². The highest BCUT2D eigenvalue weighted by Crippen LogP contribution is 2.25. The average molecular weight is 258 g/mol. The van der Waals surface area contributed by atoms with Crippen molar-refractivity contribution in [1.82, 2.24) is 4.98 Å². The lowest BCUT2D eigenvalue weighted by molar-refractivity contribution is -0.384. The van der Waals surface area contributed by atoms with Gasteiger partial charge in [0, 0.05) is 24.0 Å². The summed E-state index contributed by atoms with van der Waals surface area (Å²) < 4.78 is 0. The number of rotatable bonds is 4. The largest absolute Gasteiger partial charge is 0.399 e. The third kappa shape index (κ3) is 2.98. The van der Waals surface area contributed by atoms with Gasteiger partial charge in [0.25, 0.3) is 0 Å². The summed E-state index contributed by atoms with van der Waals surface area (Å²) in [6.07, 6.45) is 1.55. The summed E-state index contributed by atoms with van der Waals surface area (Å²) >= 11 is 0. The van der Waals surface area contributed by atoms with E-state index >= 15 is 0 Å². The molecule has 3 N–H and O–H groups in total. The van der Waals surface area contributed by atoms with Crippen LogP contribution in [0.5, 0.6) is 0 Å². The van der Waals surface area contributed by atoms with E-state index in [9.17, 15) is 10.1 Å². The van der Waals surface area contributed by atoms with Gasteiger partial charge in [-0.3, -0.25) is 10.1 Å². The zero-order valence-corrected chi connectivity index (χ0v) is 10.5. The van der Waals surface area contributed by atoms with Gasteiger partial charge in [0.2, 0.25) is 5.82 Å². The molecule has 0 atom stereocenters. The second-order valence-corrected chi connectivity index (χ2v) is 4.18. The second kappa shape index (κ2) is 5.34. The monoisotopic (exact) mass is 258 g/mol.